The van der Waals surface area contributed by atoms with Crippen molar-refractivity contribution in [3.63, 3.8) is 0 Å². The highest BCUT2D eigenvalue weighted by molar-refractivity contribution is 5.19. The van der Waals surface area contributed by atoms with Crippen LogP contribution in [-0.4, -0.2) is 9.97 Å². The summed E-state index contributed by atoms with van der Waals surface area (Å²) in [6.45, 7) is 4.39. The lowest BCUT2D eigenvalue weighted by molar-refractivity contribution is 0.440. The fourth-order valence-corrected chi connectivity index (χ4v) is 2.17. The minimum absolute atomic E-state index is 0.0547. The van der Waals surface area contributed by atoms with E-state index < -0.39 is 0 Å². The third-order valence-corrected chi connectivity index (χ3v) is 2.64. The Hall–Kier alpha value is -0.990. The van der Waals surface area contributed by atoms with Crippen LogP contribution in [0.3, 0.4) is 0 Å². The highest BCUT2D eigenvalue weighted by Crippen LogP contribution is 2.30. The maximum Gasteiger partial charge on any atom is 0.323 e. The third kappa shape index (κ3) is 1.09. The number of rotatable bonds is 0. The van der Waals surface area contributed by atoms with Gasteiger partial charge in [-0.15, -0.1) is 0 Å². The minimum Gasteiger partial charge on any atom is -0.310 e. The summed E-state index contributed by atoms with van der Waals surface area (Å²) < 4.78 is 0. The largest absolute Gasteiger partial charge is 0.323 e. The predicted molar refractivity (Wildman–Crippen MR) is 47.3 cm³/mol. The molecule has 1 aliphatic rings. The second-order valence-electron chi connectivity index (χ2n) is 3.92. The molecule has 2 unspecified atom stereocenters. The van der Waals surface area contributed by atoms with Gasteiger partial charge in [-0.2, -0.15) is 0 Å². The van der Waals surface area contributed by atoms with E-state index >= 15 is 0 Å². The molecule has 0 fully saturated rings. The van der Waals surface area contributed by atoms with Crippen molar-refractivity contribution in [3.05, 3.63) is 21.9 Å². The molecule has 0 saturated heterocycles. The molecule has 2 atom stereocenters. The van der Waals surface area contributed by atoms with Gasteiger partial charge in [0.25, 0.3) is 0 Å². The smallest absolute Gasteiger partial charge is 0.310 e. The van der Waals surface area contributed by atoms with Crippen LogP contribution in [0, 0.1) is 5.92 Å². The zero-order valence-electron chi connectivity index (χ0n) is 7.48. The Bertz CT molecular complexity index is 337. The highest BCUT2D eigenvalue weighted by atomic mass is 16.1. The second kappa shape index (κ2) is 2.51. The number of imidazole rings is 1. The average molecular weight is 166 g/mol. The van der Waals surface area contributed by atoms with Crippen molar-refractivity contribution in [2.45, 2.75) is 32.6 Å². The molecule has 0 spiro atoms. The van der Waals surface area contributed by atoms with E-state index in [-0.39, 0.29) is 5.69 Å². The van der Waals surface area contributed by atoms with Gasteiger partial charge in [0.2, 0.25) is 0 Å². The number of fused-ring (bicyclic) bond motifs is 1. The minimum atomic E-state index is -0.0547. The molecule has 0 saturated carbocycles. The predicted octanol–water partition coefficient (Wildman–Crippen LogP) is 1.39. The number of aromatic amines is 2. The molecule has 0 aliphatic heterocycles. The van der Waals surface area contributed by atoms with E-state index in [1.165, 1.54) is 6.42 Å². The van der Waals surface area contributed by atoms with E-state index in [0.717, 1.165) is 17.8 Å². The summed E-state index contributed by atoms with van der Waals surface area (Å²) in [5, 5.41) is 0. The van der Waals surface area contributed by atoms with Crippen LogP contribution in [0.25, 0.3) is 0 Å². The molecule has 2 N–H and O–H groups in total. The first-order valence-corrected chi connectivity index (χ1v) is 4.48. The fraction of sp³-hybridized carbons (Fsp3) is 0.667. The molecule has 0 amide bonds. The number of aromatic nitrogens is 2. The molecule has 1 aromatic rings. The van der Waals surface area contributed by atoms with Crippen molar-refractivity contribution < 1.29 is 0 Å². The van der Waals surface area contributed by atoms with Gasteiger partial charge in [0.15, 0.2) is 0 Å². The van der Waals surface area contributed by atoms with Crippen LogP contribution in [0.15, 0.2) is 4.79 Å². The monoisotopic (exact) mass is 166 g/mol. The molecular formula is C9H14N2O. The van der Waals surface area contributed by atoms with Gasteiger partial charge in [-0.3, -0.25) is 0 Å². The van der Waals surface area contributed by atoms with Crippen molar-refractivity contribution in [1.82, 2.24) is 9.97 Å². The fourth-order valence-electron chi connectivity index (χ4n) is 2.17. The van der Waals surface area contributed by atoms with E-state index in [4.69, 9.17) is 0 Å². The lowest BCUT2D eigenvalue weighted by atomic mass is 9.84. The lowest BCUT2D eigenvalue weighted by Crippen LogP contribution is -2.14. The normalized spacial score (nSPS) is 28.5. The molecule has 0 bridgehead atoms. The standard InChI is InChI=1S/C9H14N2O/c1-5-3-6(2)8-7(4-5)10-9(12)11-8/h5-6H,3-4H2,1-2H3,(H2,10,11,12). The van der Waals surface area contributed by atoms with Crippen LogP contribution in [0.1, 0.15) is 37.6 Å². The Balaban J connectivity index is 2.46. The van der Waals surface area contributed by atoms with Crippen LogP contribution in [0.4, 0.5) is 0 Å². The van der Waals surface area contributed by atoms with Gasteiger partial charge in [0.05, 0.1) is 0 Å². The molecule has 2 rings (SSSR count). The SMILES string of the molecule is CC1Cc2[nH]c(=O)[nH]c2C(C)C1. The zero-order chi connectivity index (χ0) is 8.72. The molecule has 0 aromatic carbocycles. The highest BCUT2D eigenvalue weighted by Gasteiger charge is 2.23. The molecular weight excluding hydrogens is 152 g/mol. The zero-order valence-corrected chi connectivity index (χ0v) is 7.48. The van der Waals surface area contributed by atoms with Gasteiger partial charge in [-0.05, 0) is 24.7 Å². The van der Waals surface area contributed by atoms with Gasteiger partial charge >= 0.3 is 5.69 Å². The van der Waals surface area contributed by atoms with Crippen LogP contribution >= 0.6 is 0 Å². The Morgan fingerprint density at radius 1 is 1.33 bits per heavy atom. The maximum atomic E-state index is 11.0. The van der Waals surface area contributed by atoms with Crippen LogP contribution in [0.5, 0.6) is 0 Å². The van der Waals surface area contributed by atoms with Gasteiger partial charge in [0, 0.05) is 11.4 Å². The molecule has 1 heterocycles. The Morgan fingerprint density at radius 3 is 2.83 bits per heavy atom. The summed E-state index contributed by atoms with van der Waals surface area (Å²) in [6, 6.07) is 0. The van der Waals surface area contributed by atoms with Gasteiger partial charge < -0.3 is 9.97 Å². The number of hydrogen-bond acceptors (Lipinski definition) is 1. The number of nitrogens with one attached hydrogen (secondary N) is 2. The van der Waals surface area contributed by atoms with Crippen LogP contribution < -0.4 is 5.69 Å². The van der Waals surface area contributed by atoms with Crippen LogP contribution in [-0.2, 0) is 6.42 Å². The Morgan fingerprint density at radius 2 is 2.08 bits per heavy atom. The summed E-state index contributed by atoms with van der Waals surface area (Å²) in [5.74, 6) is 1.20. The Kier molecular flexibility index (Phi) is 1.60. The van der Waals surface area contributed by atoms with E-state index in [1.54, 1.807) is 0 Å². The molecule has 1 aromatic heterocycles. The van der Waals surface area contributed by atoms with E-state index in [9.17, 15) is 4.79 Å². The summed E-state index contributed by atoms with van der Waals surface area (Å²) >= 11 is 0. The maximum absolute atomic E-state index is 11.0. The number of hydrogen-bond donors (Lipinski definition) is 2. The Labute approximate surface area is 71.2 Å². The summed E-state index contributed by atoms with van der Waals surface area (Å²) in [4.78, 5) is 16.7. The summed E-state index contributed by atoms with van der Waals surface area (Å²) in [6.07, 6.45) is 2.19. The topological polar surface area (TPSA) is 48.6 Å². The van der Waals surface area contributed by atoms with E-state index in [1.807, 2.05) is 0 Å². The quantitative estimate of drug-likeness (QED) is 0.601. The molecule has 12 heavy (non-hydrogen) atoms. The van der Waals surface area contributed by atoms with Crippen LogP contribution in [0.2, 0.25) is 0 Å². The molecule has 0 radical (unpaired) electrons. The third-order valence-electron chi connectivity index (χ3n) is 2.64. The average Bonchev–Trinajstić information content (AvgIpc) is 2.29. The molecule has 3 heteroatoms. The van der Waals surface area contributed by atoms with E-state index in [2.05, 4.69) is 23.8 Å². The molecule has 1 aliphatic carbocycles. The summed E-state index contributed by atoms with van der Waals surface area (Å²) in [7, 11) is 0. The lowest BCUT2D eigenvalue weighted by Gasteiger charge is -2.22. The van der Waals surface area contributed by atoms with Crippen molar-refractivity contribution in [2.75, 3.05) is 0 Å². The van der Waals surface area contributed by atoms with Gasteiger partial charge in [0.1, 0.15) is 0 Å². The second-order valence-corrected chi connectivity index (χ2v) is 3.92. The first-order chi connectivity index (χ1) is 5.66. The van der Waals surface area contributed by atoms with Crippen molar-refractivity contribution >= 4 is 0 Å². The molecule has 3 nitrogen and oxygen atoms in total. The first-order valence-electron chi connectivity index (χ1n) is 4.48. The van der Waals surface area contributed by atoms with Gasteiger partial charge in [-0.1, -0.05) is 13.8 Å². The molecule has 66 valence electrons. The van der Waals surface area contributed by atoms with E-state index in [0.29, 0.717) is 11.8 Å². The summed E-state index contributed by atoms with van der Waals surface area (Å²) in [5.41, 5.74) is 2.19. The van der Waals surface area contributed by atoms with Crippen molar-refractivity contribution in [3.8, 4) is 0 Å². The van der Waals surface area contributed by atoms with Crippen molar-refractivity contribution in [1.29, 1.82) is 0 Å². The first kappa shape index (κ1) is 7.65. The van der Waals surface area contributed by atoms with Crippen molar-refractivity contribution in [2.24, 2.45) is 5.92 Å². The van der Waals surface area contributed by atoms with Gasteiger partial charge in [-0.25, -0.2) is 4.79 Å². The number of H-pyrrole nitrogens is 2.